The van der Waals surface area contributed by atoms with Gasteiger partial charge in [-0.25, -0.2) is 4.98 Å². The fraction of sp³-hybridized carbons (Fsp3) is 0. The summed E-state index contributed by atoms with van der Waals surface area (Å²) in [7, 11) is 0. The van der Waals surface area contributed by atoms with Crippen LogP contribution in [0.5, 0.6) is 0 Å². The number of H-pyrrole nitrogens is 1. The van der Waals surface area contributed by atoms with Crippen molar-refractivity contribution in [1.82, 2.24) is 19.9 Å². The summed E-state index contributed by atoms with van der Waals surface area (Å²) in [6, 6.07) is 3.93. The number of halogens is 1. The third-order valence-electron chi connectivity index (χ3n) is 3.09. The van der Waals surface area contributed by atoms with Gasteiger partial charge in [-0.15, -0.1) is 0 Å². The van der Waals surface area contributed by atoms with E-state index < -0.39 is 0 Å². The van der Waals surface area contributed by atoms with Gasteiger partial charge >= 0.3 is 0 Å². The third-order valence-corrected chi connectivity index (χ3v) is 3.37. The van der Waals surface area contributed by atoms with Crippen molar-refractivity contribution < 1.29 is 0 Å². The minimum atomic E-state index is 0.460. The van der Waals surface area contributed by atoms with Gasteiger partial charge in [-0.3, -0.25) is 9.97 Å². The predicted octanol–water partition coefficient (Wildman–Crippen LogP) is 3.31. The fourth-order valence-corrected chi connectivity index (χ4v) is 2.56. The van der Waals surface area contributed by atoms with Crippen LogP contribution < -0.4 is 0 Å². The number of aromatic nitrogens is 4. The molecule has 0 amide bonds. The Morgan fingerprint density at radius 1 is 1.00 bits per heavy atom. The van der Waals surface area contributed by atoms with Crippen LogP contribution in [0.4, 0.5) is 0 Å². The maximum atomic E-state index is 6.22. The van der Waals surface area contributed by atoms with E-state index >= 15 is 0 Å². The first-order valence-electron chi connectivity index (χ1n) is 5.49. The summed E-state index contributed by atoms with van der Waals surface area (Å²) in [4.78, 5) is 15.8. The zero-order valence-electron chi connectivity index (χ0n) is 9.18. The van der Waals surface area contributed by atoms with Crippen LogP contribution in [-0.4, -0.2) is 19.9 Å². The van der Waals surface area contributed by atoms with Gasteiger partial charge in [0.15, 0.2) is 5.15 Å². The summed E-state index contributed by atoms with van der Waals surface area (Å²) in [6.07, 6.45) is 7.05. The molecule has 0 saturated heterocycles. The molecule has 4 heterocycles. The second kappa shape index (κ2) is 3.40. The number of nitrogens with one attached hydrogen (secondary N) is 1. The Balaban J connectivity index is 2.41. The molecule has 4 rings (SSSR count). The second-order valence-corrected chi connectivity index (χ2v) is 4.45. The molecular formula is C13H7ClN4. The van der Waals surface area contributed by atoms with Gasteiger partial charge in [0.25, 0.3) is 0 Å². The average Bonchev–Trinajstić information content (AvgIpc) is 2.79. The van der Waals surface area contributed by atoms with Gasteiger partial charge in [0.1, 0.15) is 0 Å². The van der Waals surface area contributed by atoms with E-state index in [-0.39, 0.29) is 0 Å². The van der Waals surface area contributed by atoms with E-state index in [1.165, 1.54) is 0 Å². The largest absolute Gasteiger partial charge is 0.351 e. The molecule has 0 radical (unpaired) electrons. The second-order valence-electron chi connectivity index (χ2n) is 4.09. The zero-order chi connectivity index (χ0) is 12.1. The maximum absolute atomic E-state index is 6.22. The van der Waals surface area contributed by atoms with Crippen molar-refractivity contribution in [3.8, 4) is 0 Å². The summed E-state index contributed by atoms with van der Waals surface area (Å²) in [6.45, 7) is 0. The first kappa shape index (κ1) is 9.79. The third kappa shape index (κ3) is 1.18. The quantitative estimate of drug-likeness (QED) is 0.490. The lowest BCUT2D eigenvalue weighted by molar-refractivity contribution is 1.32. The van der Waals surface area contributed by atoms with Gasteiger partial charge in [-0.05, 0) is 12.1 Å². The molecule has 0 bridgehead atoms. The zero-order valence-corrected chi connectivity index (χ0v) is 9.94. The fourth-order valence-electron chi connectivity index (χ4n) is 2.33. The van der Waals surface area contributed by atoms with E-state index in [1.807, 2.05) is 12.1 Å². The summed E-state index contributed by atoms with van der Waals surface area (Å²) in [5.74, 6) is 0. The van der Waals surface area contributed by atoms with E-state index in [2.05, 4.69) is 19.9 Å². The number of hydrogen-bond acceptors (Lipinski definition) is 3. The average molecular weight is 255 g/mol. The first-order chi connectivity index (χ1) is 8.84. The molecular weight excluding hydrogens is 248 g/mol. The number of hydrogen-bond donors (Lipinski definition) is 1. The van der Waals surface area contributed by atoms with Crippen molar-refractivity contribution in [2.24, 2.45) is 0 Å². The maximum Gasteiger partial charge on any atom is 0.153 e. The van der Waals surface area contributed by atoms with E-state index in [4.69, 9.17) is 11.6 Å². The van der Waals surface area contributed by atoms with Crippen molar-refractivity contribution in [2.75, 3.05) is 0 Å². The molecule has 1 N–H and O–H groups in total. The summed E-state index contributed by atoms with van der Waals surface area (Å²) in [5.41, 5.74) is 2.60. The molecule has 86 valence electrons. The number of fused-ring (bicyclic) bond motifs is 5. The van der Waals surface area contributed by atoms with E-state index in [1.54, 1.807) is 24.8 Å². The van der Waals surface area contributed by atoms with Gasteiger partial charge in [0, 0.05) is 28.6 Å². The van der Waals surface area contributed by atoms with Gasteiger partial charge in [-0.1, -0.05) is 11.6 Å². The number of rotatable bonds is 0. The Morgan fingerprint density at radius 3 is 2.67 bits per heavy atom. The van der Waals surface area contributed by atoms with E-state index in [0.29, 0.717) is 5.15 Å². The smallest absolute Gasteiger partial charge is 0.153 e. The lowest BCUT2D eigenvalue weighted by Gasteiger charge is -2.00. The highest BCUT2D eigenvalue weighted by Gasteiger charge is 2.12. The van der Waals surface area contributed by atoms with Gasteiger partial charge in [0.05, 0.1) is 28.9 Å². The Kier molecular flexibility index (Phi) is 1.85. The highest BCUT2D eigenvalue weighted by molar-refractivity contribution is 6.37. The normalized spacial score (nSPS) is 11.6. The lowest BCUT2D eigenvalue weighted by Crippen LogP contribution is -1.83. The van der Waals surface area contributed by atoms with Crippen LogP contribution in [0, 0.1) is 0 Å². The molecule has 4 aromatic rings. The number of pyridine rings is 3. The highest BCUT2D eigenvalue weighted by atomic mass is 35.5. The first-order valence-corrected chi connectivity index (χ1v) is 5.87. The van der Waals surface area contributed by atoms with Crippen LogP contribution in [0.25, 0.3) is 32.7 Å². The van der Waals surface area contributed by atoms with Crippen LogP contribution in [0.3, 0.4) is 0 Å². The summed E-state index contributed by atoms with van der Waals surface area (Å²) in [5, 5.41) is 3.67. The van der Waals surface area contributed by atoms with Crippen molar-refractivity contribution in [3.05, 3.63) is 42.1 Å². The molecule has 0 saturated carbocycles. The van der Waals surface area contributed by atoms with E-state index in [0.717, 1.165) is 32.7 Å². The van der Waals surface area contributed by atoms with Crippen molar-refractivity contribution in [2.45, 2.75) is 0 Å². The lowest BCUT2D eigenvalue weighted by atomic mass is 10.1. The van der Waals surface area contributed by atoms with Gasteiger partial charge in [-0.2, -0.15) is 0 Å². The summed E-state index contributed by atoms with van der Waals surface area (Å²) >= 11 is 6.22. The molecule has 0 aromatic carbocycles. The molecule has 5 heteroatoms. The Hall–Kier alpha value is -2.20. The molecule has 0 aliphatic rings. The monoisotopic (exact) mass is 254 g/mol. The standard InChI is InChI=1S/C13H7ClN4/c14-13-12-11(7-1-3-15-5-9(7)17-12)8-2-4-16-6-10(8)18-13/h1-6,17H. The molecule has 0 spiro atoms. The minimum absolute atomic E-state index is 0.460. The molecule has 0 aliphatic carbocycles. The molecule has 0 aliphatic heterocycles. The van der Waals surface area contributed by atoms with Crippen LogP contribution >= 0.6 is 11.6 Å². The van der Waals surface area contributed by atoms with Gasteiger partial charge < -0.3 is 4.98 Å². The molecule has 0 fully saturated rings. The predicted molar refractivity (Wildman–Crippen MR) is 71.7 cm³/mol. The number of nitrogens with zero attached hydrogens (tertiary/aromatic N) is 3. The molecule has 4 aromatic heterocycles. The number of aromatic amines is 1. The molecule has 0 atom stereocenters. The van der Waals surface area contributed by atoms with Crippen LogP contribution in [0.2, 0.25) is 5.15 Å². The Morgan fingerprint density at radius 2 is 1.78 bits per heavy atom. The van der Waals surface area contributed by atoms with Crippen LogP contribution in [0.1, 0.15) is 0 Å². The van der Waals surface area contributed by atoms with Crippen molar-refractivity contribution >= 4 is 44.3 Å². The molecule has 0 unspecified atom stereocenters. The van der Waals surface area contributed by atoms with Crippen LogP contribution in [0.15, 0.2) is 36.9 Å². The van der Waals surface area contributed by atoms with Crippen molar-refractivity contribution in [3.63, 3.8) is 0 Å². The van der Waals surface area contributed by atoms with Crippen LogP contribution in [-0.2, 0) is 0 Å². The van der Waals surface area contributed by atoms with E-state index in [9.17, 15) is 0 Å². The Labute approximate surface area is 107 Å². The van der Waals surface area contributed by atoms with Crippen molar-refractivity contribution in [1.29, 1.82) is 0 Å². The molecule has 18 heavy (non-hydrogen) atoms. The topological polar surface area (TPSA) is 54.5 Å². The SMILES string of the molecule is Clc1nc2cnccc2c2c1[nH]c1cnccc12. The Bertz CT molecular complexity index is 897. The summed E-state index contributed by atoms with van der Waals surface area (Å²) < 4.78 is 0. The molecule has 4 nitrogen and oxygen atoms in total. The minimum Gasteiger partial charge on any atom is -0.351 e. The highest BCUT2D eigenvalue weighted by Crippen LogP contribution is 2.33. The van der Waals surface area contributed by atoms with Gasteiger partial charge in [0.2, 0.25) is 0 Å².